The van der Waals surface area contributed by atoms with Crippen molar-refractivity contribution in [3.8, 4) is 0 Å². The second-order valence-electron chi connectivity index (χ2n) is 4.37. The molecule has 0 fully saturated rings. The van der Waals surface area contributed by atoms with Gasteiger partial charge in [0.25, 0.3) is 0 Å². The number of aromatic nitrogens is 3. The summed E-state index contributed by atoms with van der Waals surface area (Å²) >= 11 is 1.64. The van der Waals surface area contributed by atoms with Crippen molar-refractivity contribution in [1.82, 2.24) is 14.4 Å². The largest absolute Gasteiger partial charge is 0.324 e. The van der Waals surface area contributed by atoms with Gasteiger partial charge in [-0.2, -0.15) is 0 Å². The summed E-state index contributed by atoms with van der Waals surface area (Å²) in [6.07, 6.45) is 8.44. The summed E-state index contributed by atoms with van der Waals surface area (Å²) in [5, 5.41) is 2.03. The molecule has 3 aromatic rings. The second-order valence-corrected chi connectivity index (χ2v) is 5.24. The first kappa shape index (κ1) is 11.4. The van der Waals surface area contributed by atoms with E-state index in [4.69, 9.17) is 5.73 Å². The van der Waals surface area contributed by atoms with Crippen LogP contribution in [0.25, 0.3) is 4.96 Å². The first-order chi connectivity index (χ1) is 8.74. The van der Waals surface area contributed by atoms with Gasteiger partial charge in [-0.15, -0.1) is 11.3 Å². The molecule has 0 saturated heterocycles. The van der Waals surface area contributed by atoms with Crippen molar-refractivity contribution in [2.75, 3.05) is 0 Å². The van der Waals surface area contributed by atoms with Crippen molar-refractivity contribution in [1.29, 1.82) is 0 Å². The number of hydrogen-bond donors (Lipinski definition) is 1. The van der Waals surface area contributed by atoms with E-state index >= 15 is 0 Å². The highest BCUT2D eigenvalue weighted by atomic mass is 32.1. The zero-order valence-corrected chi connectivity index (χ0v) is 10.9. The lowest BCUT2D eigenvalue weighted by atomic mass is 10.0. The van der Waals surface area contributed by atoms with Gasteiger partial charge in [0.05, 0.1) is 5.69 Å². The number of fused-ring (bicyclic) bond motifs is 1. The van der Waals surface area contributed by atoms with Crippen molar-refractivity contribution in [2.45, 2.75) is 19.4 Å². The van der Waals surface area contributed by atoms with Gasteiger partial charge < -0.3 is 5.73 Å². The van der Waals surface area contributed by atoms with Gasteiger partial charge in [0.2, 0.25) is 0 Å². The van der Waals surface area contributed by atoms with E-state index < -0.39 is 0 Å². The molecule has 3 heterocycles. The Bertz CT molecular complexity index is 642. The Morgan fingerprint density at radius 3 is 3.17 bits per heavy atom. The van der Waals surface area contributed by atoms with E-state index in [0.29, 0.717) is 0 Å². The van der Waals surface area contributed by atoms with Gasteiger partial charge in [0.1, 0.15) is 0 Å². The summed E-state index contributed by atoms with van der Waals surface area (Å²) in [4.78, 5) is 9.66. The van der Waals surface area contributed by atoms with Crippen LogP contribution < -0.4 is 5.73 Å². The van der Waals surface area contributed by atoms with Crippen LogP contribution >= 0.6 is 11.3 Å². The molecular weight excluding hydrogens is 244 g/mol. The van der Waals surface area contributed by atoms with Crippen molar-refractivity contribution in [3.63, 3.8) is 0 Å². The molecule has 0 saturated carbocycles. The van der Waals surface area contributed by atoms with Crippen LogP contribution in [0, 0.1) is 6.92 Å². The molecule has 2 N–H and O–H groups in total. The summed E-state index contributed by atoms with van der Waals surface area (Å²) in [6, 6.07) is 1.95. The summed E-state index contributed by atoms with van der Waals surface area (Å²) in [5.74, 6) is 0. The molecule has 0 bridgehead atoms. The monoisotopic (exact) mass is 258 g/mol. The minimum Gasteiger partial charge on any atom is -0.324 e. The van der Waals surface area contributed by atoms with Crippen molar-refractivity contribution in [3.05, 3.63) is 53.1 Å². The quantitative estimate of drug-likeness (QED) is 0.784. The zero-order valence-electron chi connectivity index (χ0n) is 10.1. The topological polar surface area (TPSA) is 56.2 Å². The predicted octanol–water partition coefficient (Wildman–Crippen LogP) is 2.34. The van der Waals surface area contributed by atoms with Gasteiger partial charge in [-0.3, -0.25) is 9.38 Å². The molecule has 1 atom stereocenters. The Kier molecular flexibility index (Phi) is 2.85. The summed E-state index contributed by atoms with van der Waals surface area (Å²) in [5.41, 5.74) is 9.55. The van der Waals surface area contributed by atoms with Crippen LogP contribution in [0.3, 0.4) is 0 Å². The highest BCUT2D eigenvalue weighted by molar-refractivity contribution is 7.15. The summed E-state index contributed by atoms with van der Waals surface area (Å²) in [6.45, 7) is 2.04. The van der Waals surface area contributed by atoms with E-state index in [0.717, 1.165) is 28.2 Å². The first-order valence-electron chi connectivity index (χ1n) is 5.81. The molecule has 92 valence electrons. The van der Waals surface area contributed by atoms with Crippen molar-refractivity contribution < 1.29 is 0 Å². The van der Waals surface area contributed by atoms with Crippen LogP contribution in [0.1, 0.15) is 22.9 Å². The molecule has 0 aromatic carbocycles. The van der Waals surface area contributed by atoms with Crippen LogP contribution in [-0.2, 0) is 6.42 Å². The van der Waals surface area contributed by atoms with Crippen LogP contribution in [0.15, 0.2) is 36.2 Å². The molecule has 5 heteroatoms. The number of aryl methyl sites for hydroxylation is 1. The fraction of sp³-hybridized carbons (Fsp3) is 0.231. The standard InChI is InChI=1S/C13H14N4S/c1-9-7-15-3-2-11(9)12(14)6-10-8-17-4-5-18-13(17)16-10/h2-5,7-8,12H,6,14H2,1H3. The molecule has 0 amide bonds. The first-order valence-corrected chi connectivity index (χ1v) is 6.69. The zero-order chi connectivity index (χ0) is 12.5. The van der Waals surface area contributed by atoms with Crippen LogP contribution in [-0.4, -0.2) is 14.4 Å². The van der Waals surface area contributed by atoms with Gasteiger partial charge in [-0.1, -0.05) is 0 Å². The Hall–Kier alpha value is -1.72. The minimum atomic E-state index is -0.0300. The van der Waals surface area contributed by atoms with E-state index in [9.17, 15) is 0 Å². The SMILES string of the molecule is Cc1cnccc1C(N)Cc1cn2ccsc2n1. The minimum absolute atomic E-state index is 0.0300. The molecule has 0 aliphatic carbocycles. The van der Waals surface area contributed by atoms with Crippen molar-refractivity contribution >= 4 is 16.3 Å². The number of thiazole rings is 1. The molecule has 0 radical (unpaired) electrons. The van der Waals surface area contributed by atoms with E-state index in [1.807, 2.05) is 41.4 Å². The van der Waals surface area contributed by atoms with Crippen molar-refractivity contribution in [2.24, 2.45) is 5.73 Å². The fourth-order valence-corrected chi connectivity index (χ4v) is 2.83. The molecule has 1 unspecified atom stereocenters. The third-order valence-electron chi connectivity index (χ3n) is 3.04. The third-order valence-corrected chi connectivity index (χ3v) is 3.81. The van der Waals surface area contributed by atoms with Crippen LogP contribution in [0.2, 0.25) is 0 Å². The predicted molar refractivity (Wildman–Crippen MR) is 72.7 cm³/mol. The Labute approximate surface area is 109 Å². The molecular formula is C13H14N4S. The Balaban J connectivity index is 1.84. The average molecular weight is 258 g/mol. The normalized spacial score (nSPS) is 13.0. The molecule has 3 rings (SSSR count). The number of nitrogens with zero attached hydrogens (tertiary/aromatic N) is 3. The van der Waals surface area contributed by atoms with E-state index in [-0.39, 0.29) is 6.04 Å². The third kappa shape index (κ3) is 2.02. The maximum atomic E-state index is 6.24. The Morgan fingerprint density at radius 1 is 1.50 bits per heavy atom. The number of imidazole rings is 1. The molecule has 3 aromatic heterocycles. The molecule has 0 aliphatic heterocycles. The van der Waals surface area contributed by atoms with Crippen LogP contribution in [0.4, 0.5) is 0 Å². The highest BCUT2D eigenvalue weighted by Crippen LogP contribution is 2.19. The van der Waals surface area contributed by atoms with Gasteiger partial charge in [0, 0.05) is 42.6 Å². The lowest BCUT2D eigenvalue weighted by Crippen LogP contribution is -2.15. The summed E-state index contributed by atoms with van der Waals surface area (Å²) < 4.78 is 2.03. The van der Waals surface area contributed by atoms with Gasteiger partial charge >= 0.3 is 0 Å². The van der Waals surface area contributed by atoms with Gasteiger partial charge in [0.15, 0.2) is 4.96 Å². The molecule has 4 nitrogen and oxygen atoms in total. The molecule has 18 heavy (non-hydrogen) atoms. The number of nitrogens with two attached hydrogens (primary N) is 1. The lowest BCUT2D eigenvalue weighted by molar-refractivity contribution is 0.703. The maximum Gasteiger partial charge on any atom is 0.193 e. The van der Waals surface area contributed by atoms with Gasteiger partial charge in [-0.25, -0.2) is 4.98 Å². The van der Waals surface area contributed by atoms with E-state index in [1.54, 1.807) is 17.5 Å². The highest BCUT2D eigenvalue weighted by Gasteiger charge is 2.12. The number of hydrogen-bond acceptors (Lipinski definition) is 4. The Morgan fingerprint density at radius 2 is 2.39 bits per heavy atom. The molecule has 0 spiro atoms. The fourth-order valence-electron chi connectivity index (χ4n) is 2.11. The average Bonchev–Trinajstić information content (AvgIpc) is 2.90. The van der Waals surface area contributed by atoms with Gasteiger partial charge in [-0.05, 0) is 24.1 Å². The van der Waals surface area contributed by atoms with E-state index in [1.165, 1.54) is 0 Å². The maximum absolute atomic E-state index is 6.24. The van der Waals surface area contributed by atoms with E-state index in [2.05, 4.69) is 9.97 Å². The lowest BCUT2D eigenvalue weighted by Gasteiger charge is -2.12. The van der Waals surface area contributed by atoms with Crippen LogP contribution in [0.5, 0.6) is 0 Å². The smallest absolute Gasteiger partial charge is 0.193 e. The number of pyridine rings is 1. The second kappa shape index (κ2) is 4.51. The summed E-state index contributed by atoms with van der Waals surface area (Å²) in [7, 11) is 0. The molecule has 0 aliphatic rings. The number of rotatable bonds is 3.